The molecule has 1 aromatic rings. The van der Waals surface area contributed by atoms with Crippen molar-refractivity contribution in [2.24, 2.45) is 5.16 Å². The average Bonchev–Trinajstić information content (AvgIpc) is 2.60. The fourth-order valence-corrected chi connectivity index (χ4v) is 2.89. The van der Waals surface area contributed by atoms with Gasteiger partial charge in [-0.05, 0) is 25.0 Å². The van der Waals surface area contributed by atoms with Crippen LogP contribution in [0.5, 0.6) is 0 Å². The molecule has 1 aliphatic rings. The van der Waals surface area contributed by atoms with Gasteiger partial charge in [-0.1, -0.05) is 48.2 Å². The summed E-state index contributed by atoms with van der Waals surface area (Å²) < 4.78 is 38.0. The molecular formula is C17H22ClF3N2O2. The van der Waals surface area contributed by atoms with E-state index in [2.05, 4.69) is 10.5 Å². The summed E-state index contributed by atoms with van der Waals surface area (Å²) >= 11 is 5.87. The summed E-state index contributed by atoms with van der Waals surface area (Å²) in [6, 6.07) is 4.93. The summed E-state index contributed by atoms with van der Waals surface area (Å²) in [6.45, 7) is 0.288. The number of hydrogen-bond donors (Lipinski definition) is 2. The van der Waals surface area contributed by atoms with E-state index in [1.54, 1.807) is 0 Å². The minimum atomic E-state index is -4.45. The molecule has 1 fully saturated rings. The zero-order valence-corrected chi connectivity index (χ0v) is 14.5. The van der Waals surface area contributed by atoms with E-state index >= 15 is 0 Å². The fraction of sp³-hybridized carbons (Fsp3) is 0.588. The lowest BCUT2D eigenvalue weighted by molar-refractivity contribution is -0.137. The second-order valence-corrected chi connectivity index (χ2v) is 6.51. The molecule has 8 heteroatoms. The van der Waals surface area contributed by atoms with Crippen molar-refractivity contribution >= 4 is 16.8 Å². The van der Waals surface area contributed by atoms with Gasteiger partial charge < -0.3 is 15.3 Å². The smallest absolute Gasteiger partial charge is 0.392 e. The number of benzene rings is 1. The molecule has 0 spiro atoms. The number of halogens is 4. The molecule has 0 aliphatic heterocycles. The summed E-state index contributed by atoms with van der Waals surface area (Å²) in [4.78, 5) is 4.96. The number of oxime groups is 1. The van der Waals surface area contributed by atoms with Crippen LogP contribution in [0.15, 0.2) is 29.4 Å². The van der Waals surface area contributed by atoms with E-state index in [0.29, 0.717) is 12.6 Å². The number of aliphatic hydroxyl groups excluding tert-OH is 1. The minimum Gasteiger partial charge on any atom is -0.392 e. The van der Waals surface area contributed by atoms with E-state index in [1.165, 1.54) is 31.4 Å². The highest BCUT2D eigenvalue weighted by Gasteiger charge is 2.30. The van der Waals surface area contributed by atoms with E-state index in [4.69, 9.17) is 16.4 Å². The molecule has 1 aliphatic carbocycles. The third kappa shape index (κ3) is 6.84. The second kappa shape index (κ2) is 9.40. The molecule has 25 heavy (non-hydrogen) atoms. The highest BCUT2D eigenvalue weighted by atomic mass is 35.5. The largest absolute Gasteiger partial charge is 0.416 e. The summed E-state index contributed by atoms with van der Waals surface area (Å²) in [5, 5.41) is 16.5. The summed E-state index contributed by atoms with van der Waals surface area (Å²) in [5.41, 5.74) is -0.707. The maximum Gasteiger partial charge on any atom is 0.416 e. The number of nitrogens with zero attached hydrogens (tertiary/aromatic N) is 1. The number of nitrogens with one attached hydrogen (secondary N) is 1. The molecule has 1 saturated carbocycles. The molecule has 0 saturated heterocycles. The van der Waals surface area contributed by atoms with Crippen molar-refractivity contribution < 1.29 is 23.1 Å². The van der Waals surface area contributed by atoms with E-state index < -0.39 is 17.8 Å². The molecule has 0 radical (unpaired) electrons. The summed E-state index contributed by atoms with van der Waals surface area (Å²) in [7, 11) is 0. The van der Waals surface area contributed by atoms with Crippen LogP contribution in [-0.2, 0) is 11.0 Å². The molecule has 1 aromatic carbocycles. The van der Waals surface area contributed by atoms with Gasteiger partial charge in [0.1, 0.15) is 12.7 Å². The lowest BCUT2D eigenvalue weighted by atomic mass is 9.95. The van der Waals surface area contributed by atoms with Crippen LogP contribution in [0.1, 0.15) is 43.2 Å². The monoisotopic (exact) mass is 378 g/mol. The lowest BCUT2D eigenvalue weighted by Gasteiger charge is -2.23. The predicted molar refractivity (Wildman–Crippen MR) is 90.7 cm³/mol. The SMILES string of the molecule is OC(CNC1CCCCC1)CON=C(Cl)c1cccc(C(F)(F)F)c1. The van der Waals surface area contributed by atoms with Crippen LogP contribution in [0.4, 0.5) is 13.2 Å². The number of hydrogen-bond acceptors (Lipinski definition) is 4. The van der Waals surface area contributed by atoms with Gasteiger partial charge in [-0.15, -0.1) is 0 Å². The predicted octanol–water partition coefficient (Wildman–Crippen LogP) is 3.91. The van der Waals surface area contributed by atoms with Gasteiger partial charge in [-0.25, -0.2) is 0 Å². The van der Waals surface area contributed by atoms with E-state index in [0.717, 1.165) is 25.0 Å². The molecule has 0 amide bonds. The van der Waals surface area contributed by atoms with Crippen molar-refractivity contribution in [1.82, 2.24) is 5.32 Å². The Balaban J connectivity index is 1.78. The third-order valence-electron chi connectivity index (χ3n) is 4.09. The molecule has 0 aromatic heterocycles. The highest BCUT2D eigenvalue weighted by Crippen LogP contribution is 2.29. The average molecular weight is 379 g/mol. The zero-order valence-electron chi connectivity index (χ0n) is 13.7. The van der Waals surface area contributed by atoms with Crippen molar-refractivity contribution in [3.05, 3.63) is 35.4 Å². The molecule has 1 unspecified atom stereocenters. The van der Waals surface area contributed by atoms with Crippen LogP contribution >= 0.6 is 11.6 Å². The van der Waals surface area contributed by atoms with Crippen LogP contribution < -0.4 is 5.32 Å². The molecule has 0 bridgehead atoms. The third-order valence-corrected chi connectivity index (χ3v) is 4.37. The number of alkyl halides is 3. The first-order valence-corrected chi connectivity index (χ1v) is 8.68. The van der Waals surface area contributed by atoms with Gasteiger partial charge in [0.2, 0.25) is 0 Å². The topological polar surface area (TPSA) is 53.8 Å². The van der Waals surface area contributed by atoms with Gasteiger partial charge in [0, 0.05) is 18.2 Å². The van der Waals surface area contributed by atoms with Crippen LogP contribution in [0, 0.1) is 0 Å². The molecule has 4 nitrogen and oxygen atoms in total. The van der Waals surface area contributed by atoms with Crippen LogP contribution in [0.3, 0.4) is 0 Å². The maximum atomic E-state index is 12.7. The first kappa shape index (κ1) is 20.0. The second-order valence-electron chi connectivity index (χ2n) is 6.15. The van der Waals surface area contributed by atoms with Gasteiger partial charge >= 0.3 is 6.18 Å². The van der Waals surface area contributed by atoms with Crippen molar-refractivity contribution in [3.63, 3.8) is 0 Å². The van der Waals surface area contributed by atoms with E-state index in [9.17, 15) is 18.3 Å². The zero-order chi connectivity index (χ0) is 18.3. The molecular weight excluding hydrogens is 357 g/mol. The van der Waals surface area contributed by atoms with Crippen LogP contribution in [-0.4, -0.2) is 35.6 Å². The summed E-state index contributed by atoms with van der Waals surface area (Å²) in [6.07, 6.45) is 0.640. The Morgan fingerprint density at radius 2 is 2.04 bits per heavy atom. The quantitative estimate of drug-likeness (QED) is 0.558. The Bertz CT molecular complexity index is 575. The molecule has 1 atom stereocenters. The van der Waals surface area contributed by atoms with Crippen molar-refractivity contribution in [1.29, 1.82) is 0 Å². The Morgan fingerprint density at radius 3 is 2.72 bits per heavy atom. The number of rotatable bonds is 7. The number of aliphatic hydroxyl groups is 1. The summed E-state index contributed by atoms with van der Waals surface area (Å²) in [5.74, 6) is 0. The van der Waals surface area contributed by atoms with Gasteiger partial charge in [0.05, 0.1) is 5.56 Å². The minimum absolute atomic E-state index is 0.0884. The van der Waals surface area contributed by atoms with Crippen molar-refractivity contribution in [2.75, 3.05) is 13.2 Å². The molecule has 0 heterocycles. The Kier molecular flexibility index (Phi) is 7.53. The molecule has 2 N–H and O–H groups in total. The lowest BCUT2D eigenvalue weighted by Crippen LogP contribution is -2.38. The fourth-order valence-electron chi connectivity index (χ4n) is 2.72. The van der Waals surface area contributed by atoms with Gasteiger partial charge in [-0.2, -0.15) is 13.2 Å². The first-order chi connectivity index (χ1) is 11.9. The standard InChI is InChI=1S/C17H22ClF3N2O2/c18-16(12-5-4-6-13(9-12)17(19,20)21)23-25-11-15(24)10-22-14-7-2-1-3-8-14/h4-6,9,14-15,22,24H,1-3,7-8,10-11H2. The molecule has 2 rings (SSSR count). The Hall–Kier alpha value is -1.31. The van der Waals surface area contributed by atoms with Crippen molar-refractivity contribution in [2.45, 2.75) is 50.4 Å². The maximum absolute atomic E-state index is 12.7. The molecule has 140 valence electrons. The van der Waals surface area contributed by atoms with E-state index in [-0.39, 0.29) is 17.3 Å². The first-order valence-electron chi connectivity index (χ1n) is 8.31. The Labute approximate surface area is 150 Å². The van der Waals surface area contributed by atoms with Gasteiger partial charge in [0.25, 0.3) is 0 Å². The van der Waals surface area contributed by atoms with Crippen LogP contribution in [0.2, 0.25) is 0 Å². The normalized spacial score (nSPS) is 18.2. The van der Waals surface area contributed by atoms with E-state index in [1.807, 2.05) is 0 Å². The van der Waals surface area contributed by atoms with Gasteiger partial charge in [-0.3, -0.25) is 0 Å². The highest BCUT2D eigenvalue weighted by molar-refractivity contribution is 6.69. The van der Waals surface area contributed by atoms with Gasteiger partial charge in [0.15, 0.2) is 5.17 Å². The van der Waals surface area contributed by atoms with Crippen LogP contribution in [0.25, 0.3) is 0 Å². The van der Waals surface area contributed by atoms with Crippen molar-refractivity contribution in [3.8, 4) is 0 Å². The Morgan fingerprint density at radius 1 is 1.32 bits per heavy atom.